The van der Waals surface area contributed by atoms with Crippen molar-refractivity contribution in [3.63, 3.8) is 0 Å². The van der Waals surface area contributed by atoms with Gasteiger partial charge >= 0.3 is 0 Å². The Morgan fingerprint density at radius 1 is 1.11 bits per heavy atom. The van der Waals surface area contributed by atoms with Crippen LogP contribution in [0.5, 0.6) is 0 Å². The molecule has 2 heterocycles. The number of aromatic nitrogens is 2. The monoisotopic (exact) mass is 402 g/mol. The molecular formula is C21H27FN4OS. The molecule has 28 heavy (non-hydrogen) atoms. The molecule has 1 saturated heterocycles. The van der Waals surface area contributed by atoms with Crippen LogP contribution in [0.2, 0.25) is 0 Å². The van der Waals surface area contributed by atoms with Crippen LogP contribution in [-0.4, -0.2) is 46.3 Å². The van der Waals surface area contributed by atoms with Gasteiger partial charge in [0, 0.05) is 50.6 Å². The zero-order chi connectivity index (χ0) is 19.3. The average molecular weight is 403 g/mol. The molecule has 1 aliphatic carbocycles. The summed E-state index contributed by atoms with van der Waals surface area (Å²) >= 11 is 1.40. The van der Waals surface area contributed by atoms with Gasteiger partial charge in [-0.1, -0.05) is 37.8 Å². The van der Waals surface area contributed by atoms with E-state index in [9.17, 15) is 9.18 Å². The minimum absolute atomic E-state index is 0.230. The maximum absolute atomic E-state index is 13.0. The topological polar surface area (TPSA) is 49.3 Å². The van der Waals surface area contributed by atoms with Crippen LogP contribution in [0.15, 0.2) is 24.3 Å². The highest BCUT2D eigenvalue weighted by Crippen LogP contribution is 2.29. The van der Waals surface area contributed by atoms with E-state index in [0.29, 0.717) is 18.7 Å². The zero-order valence-electron chi connectivity index (χ0n) is 16.1. The second-order valence-corrected chi connectivity index (χ2v) is 8.58. The number of rotatable bonds is 6. The average Bonchev–Trinajstić information content (AvgIpc) is 3.40. The third-order valence-corrected chi connectivity index (χ3v) is 6.69. The third-order valence-electron chi connectivity index (χ3n) is 5.88. The van der Waals surface area contributed by atoms with E-state index in [0.717, 1.165) is 55.0 Å². The molecule has 5 nitrogen and oxygen atoms in total. The number of amides is 1. The quantitative estimate of drug-likeness (QED) is 0.736. The predicted molar refractivity (Wildman–Crippen MR) is 109 cm³/mol. The highest BCUT2D eigenvalue weighted by atomic mass is 32.1. The van der Waals surface area contributed by atoms with Gasteiger partial charge in [-0.2, -0.15) is 4.37 Å². The number of nitrogens with zero attached hydrogens (tertiary/aromatic N) is 4. The van der Waals surface area contributed by atoms with E-state index in [1.165, 1.54) is 49.3 Å². The van der Waals surface area contributed by atoms with Crippen molar-refractivity contribution < 1.29 is 9.18 Å². The SMILES string of the molecule is O=C(CCC1CCCC1)N1CCN(c2nc(Cc3ccc(F)cc3)ns2)CC1. The van der Waals surface area contributed by atoms with Crippen molar-refractivity contribution in [2.24, 2.45) is 5.92 Å². The number of carbonyl (C=O) groups excluding carboxylic acids is 1. The normalized spacial score (nSPS) is 18.0. The van der Waals surface area contributed by atoms with Gasteiger partial charge in [0.05, 0.1) is 0 Å². The Morgan fingerprint density at radius 2 is 1.82 bits per heavy atom. The molecule has 1 saturated carbocycles. The molecule has 0 bridgehead atoms. The summed E-state index contributed by atoms with van der Waals surface area (Å²) in [5.74, 6) is 1.61. The van der Waals surface area contributed by atoms with Gasteiger partial charge in [0.1, 0.15) is 11.6 Å². The van der Waals surface area contributed by atoms with Crippen molar-refractivity contribution >= 4 is 22.6 Å². The van der Waals surface area contributed by atoms with Crippen LogP contribution in [-0.2, 0) is 11.2 Å². The lowest BCUT2D eigenvalue weighted by Gasteiger charge is -2.34. The van der Waals surface area contributed by atoms with E-state index in [-0.39, 0.29) is 5.82 Å². The van der Waals surface area contributed by atoms with Gasteiger partial charge in [-0.05, 0) is 30.0 Å². The smallest absolute Gasteiger partial charge is 0.222 e. The van der Waals surface area contributed by atoms with Crippen LogP contribution >= 0.6 is 11.5 Å². The Hall–Kier alpha value is -2.02. The van der Waals surface area contributed by atoms with Crippen molar-refractivity contribution in [2.45, 2.75) is 44.9 Å². The van der Waals surface area contributed by atoms with Gasteiger partial charge in [0.15, 0.2) is 0 Å². The zero-order valence-corrected chi connectivity index (χ0v) is 17.0. The number of hydrogen-bond acceptors (Lipinski definition) is 5. The second-order valence-electron chi connectivity index (χ2n) is 7.85. The van der Waals surface area contributed by atoms with Crippen molar-refractivity contribution in [3.8, 4) is 0 Å². The van der Waals surface area contributed by atoms with Crippen molar-refractivity contribution in [3.05, 3.63) is 41.5 Å². The van der Waals surface area contributed by atoms with Crippen LogP contribution < -0.4 is 4.90 Å². The van der Waals surface area contributed by atoms with E-state index in [2.05, 4.69) is 14.3 Å². The van der Waals surface area contributed by atoms with Gasteiger partial charge in [-0.3, -0.25) is 4.79 Å². The van der Waals surface area contributed by atoms with Gasteiger partial charge in [0.25, 0.3) is 0 Å². The van der Waals surface area contributed by atoms with Gasteiger partial charge in [-0.15, -0.1) is 0 Å². The first-order chi connectivity index (χ1) is 13.7. The summed E-state index contributed by atoms with van der Waals surface area (Å²) in [4.78, 5) is 21.4. The molecular weight excluding hydrogens is 375 g/mol. The number of carbonyl (C=O) groups is 1. The third kappa shape index (κ3) is 4.87. The molecule has 4 rings (SSSR count). The number of anilines is 1. The van der Waals surface area contributed by atoms with Crippen molar-refractivity contribution in [1.82, 2.24) is 14.3 Å². The lowest BCUT2D eigenvalue weighted by Crippen LogP contribution is -2.48. The molecule has 1 amide bonds. The molecule has 0 unspecified atom stereocenters. The number of benzene rings is 1. The summed E-state index contributed by atoms with van der Waals surface area (Å²) in [6.45, 7) is 3.13. The van der Waals surface area contributed by atoms with Crippen molar-refractivity contribution in [1.29, 1.82) is 0 Å². The highest BCUT2D eigenvalue weighted by molar-refractivity contribution is 7.09. The van der Waals surface area contributed by atoms with E-state index < -0.39 is 0 Å². The van der Waals surface area contributed by atoms with E-state index in [1.54, 1.807) is 12.1 Å². The second kappa shape index (κ2) is 8.99. The summed E-state index contributed by atoms with van der Waals surface area (Å²) in [5.41, 5.74) is 1.00. The maximum atomic E-state index is 13.0. The number of hydrogen-bond donors (Lipinski definition) is 0. The molecule has 0 radical (unpaired) electrons. The fraction of sp³-hybridized carbons (Fsp3) is 0.571. The number of halogens is 1. The lowest BCUT2D eigenvalue weighted by molar-refractivity contribution is -0.131. The Balaban J connectivity index is 1.25. The fourth-order valence-corrected chi connectivity index (χ4v) is 4.90. The molecule has 2 fully saturated rings. The first kappa shape index (κ1) is 19.3. The first-order valence-electron chi connectivity index (χ1n) is 10.3. The van der Waals surface area contributed by atoms with Gasteiger partial charge < -0.3 is 9.80 Å². The summed E-state index contributed by atoms with van der Waals surface area (Å²) in [7, 11) is 0. The molecule has 0 spiro atoms. The molecule has 0 atom stereocenters. The molecule has 2 aromatic rings. The predicted octanol–water partition coefficient (Wildman–Crippen LogP) is 3.89. The van der Waals surface area contributed by atoms with Gasteiger partial charge in [0.2, 0.25) is 11.0 Å². The summed E-state index contributed by atoms with van der Waals surface area (Å²) < 4.78 is 17.5. The molecule has 150 valence electrons. The molecule has 2 aliphatic rings. The van der Waals surface area contributed by atoms with Gasteiger partial charge in [-0.25, -0.2) is 9.37 Å². The molecule has 1 aromatic carbocycles. The summed E-state index contributed by atoms with van der Waals surface area (Å²) in [5, 5.41) is 0.912. The molecule has 1 aromatic heterocycles. The Labute approximate surface area is 169 Å². The number of piperazine rings is 1. The molecule has 1 aliphatic heterocycles. The minimum Gasteiger partial charge on any atom is -0.343 e. The largest absolute Gasteiger partial charge is 0.343 e. The van der Waals surface area contributed by atoms with Crippen LogP contribution in [0.4, 0.5) is 9.52 Å². The Morgan fingerprint density at radius 3 is 2.54 bits per heavy atom. The fourth-order valence-electron chi connectivity index (χ4n) is 4.16. The Bertz CT molecular complexity index is 780. The van der Waals surface area contributed by atoms with Crippen molar-refractivity contribution in [2.75, 3.05) is 31.1 Å². The Kier molecular flexibility index (Phi) is 6.20. The molecule has 0 N–H and O–H groups in total. The highest BCUT2D eigenvalue weighted by Gasteiger charge is 2.24. The first-order valence-corrected chi connectivity index (χ1v) is 11.0. The van der Waals surface area contributed by atoms with Crippen LogP contribution in [0, 0.1) is 11.7 Å². The lowest BCUT2D eigenvalue weighted by atomic mass is 10.0. The van der Waals surface area contributed by atoms with Crippen LogP contribution in [0.3, 0.4) is 0 Å². The maximum Gasteiger partial charge on any atom is 0.222 e. The summed E-state index contributed by atoms with van der Waals surface area (Å²) in [6.07, 6.45) is 7.64. The standard InChI is InChI=1S/C21H27FN4OS/c22-18-8-5-17(6-9-18)15-19-23-21(28-24-19)26-13-11-25(12-14-26)20(27)10-7-16-3-1-2-4-16/h5-6,8-9,16H,1-4,7,10-15H2. The van der Waals surface area contributed by atoms with E-state index in [1.807, 2.05) is 4.90 Å². The van der Waals surface area contributed by atoms with E-state index in [4.69, 9.17) is 0 Å². The minimum atomic E-state index is -0.230. The van der Waals surface area contributed by atoms with Crippen LogP contribution in [0.1, 0.15) is 49.9 Å². The van der Waals surface area contributed by atoms with E-state index >= 15 is 0 Å². The summed E-state index contributed by atoms with van der Waals surface area (Å²) in [6, 6.07) is 6.47. The molecule has 7 heteroatoms. The van der Waals surface area contributed by atoms with Crippen LogP contribution in [0.25, 0.3) is 0 Å².